The molecule has 1 amide bonds. The van der Waals surface area contributed by atoms with E-state index < -0.39 is 12.0 Å². The molecule has 0 spiro atoms. The standard InChI is InChI=1S/C20H23NO3S/c1-14-9-11-16(12-10-14)13-25-19(17-7-5-4-6-8-17)18(20(23)24-3)21-15(2)22/h4-12,18-19H,13H2,1-3H3,(H,21,22)/t18-,19+/m0/s1. The quantitative estimate of drug-likeness (QED) is 0.769. The van der Waals surface area contributed by atoms with Crippen LogP contribution in [0, 0.1) is 6.92 Å². The second-order valence-electron chi connectivity index (χ2n) is 5.83. The van der Waals surface area contributed by atoms with E-state index in [1.807, 2.05) is 37.3 Å². The van der Waals surface area contributed by atoms with Crippen molar-refractivity contribution in [1.29, 1.82) is 0 Å². The third-order valence-corrected chi connectivity index (χ3v) is 5.20. The van der Waals surface area contributed by atoms with Gasteiger partial charge in [0, 0.05) is 12.7 Å². The van der Waals surface area contributed by atoms with Gasteiger partial charge in [0.15, 0.2) is 0 Å². The molecule has 0 bridgehead atoms. The lowest BCUT2D eigenvalue weighted by atomic mass is 10.1. The van der Waals surface area contributed by atoms with Crippen molar-refractivity contribution in [1.82, 2.24) is 5.32 Å². The zero-order valence-corrected chi connectivity index (χ0v) is 15.5. The Morgan fingerprint density at radius 1 is 1.08 bits per heavy atom. The lowest BCUT2D eigenvalue weighted by molar-refractivity contribution is -0.144. The van der Waals surface area contributed by atoms with E-state index in [0.29, 0.717) is 0 Å². The monoisotopic (exact) mass is 357 g/mol. The molecule has 0 aliphatic carbocycles. The van der Waals surface area contributed by atoms with E-state index in [-0.39, 0.29) is 11.2 Å². The first-order valence-electron chi connectivity index (χ1n) is 8.08. The van der Waals surface area contributed by atoms with E-state index in [1.54, 1.807) is 11.8 Å². The first kappa shape index (κ1) is 19.1. The minimum Gasteiger partial charge on any atom is -0.467 e. The SMILES string of the molecule is COC(=O)[C@@H](NC(C)=O)[C@H](SCc1ccc(C)cc1)c1ccccc1. The first-order chi connectivity index (χ1) is 12.0. The summed E-state index contributed by atoms with van der Waals surface area (Å²) in [5.41, 5.74) is 3.35. The second kappa shape index (κ2) is 9.28. The highest BCUT2D eigenvalue weighted by atomic mass is 32.2. The molecule has 5 heteroatoms. The van der Waals surface area contributed by atoms with Gasteiger partial charge in [-0.05, 0) is 18.1 Å². The van der Waals surface area contributed by atoms with Gasteiger partial charge < -0.3 is 10.1 Å². The van der Waals surface area contributed by atoms with Gasteiger partial charge in [0.2, 0.25) is 5.91 Å². The van der Waals surface area contributed by atoms with Crippen LogP contribution in [0.15, 0.2) is 54.6 Å². The minimum absolute atomic E-state index is 0.237. The highest BCUT2D eigenvalue weighted by Crippen LogP contribution is 2.35. The summed E-state index contributed by atoms with van der Waals surface area (Å²) in [6.07, 6.45) is 0. The van der Waals surface area contributed by atoms with Gasteiger partial charge in [0.05, 0.1) is 12.4 Å². The van der Waals surface area contributed by atoms with E-state index in [1.165, 1.54) is 25.2 Å². The van der Waals surface area contributed by atoms with Crippen LogP contribution in [0.5, 0.6) is 0 Å². The van der Waals surface area contributed by atoms with Crippen molar-refractivity contribution in [2.45, 2.75) is 30.9 Å². The Bertz CT molecular complexity index is 701. The van der Waals surface area contributed by atoms with Crippen LogP contribution in [0.3, 0.4) is 0 Å². The third kappa shape index (κ3) is 5.64. The molecule has 2 aromatic carbocycles. The lowest BCUT2D eigenvalue weighted by Gasteiger charge is -2.26. The van der Waals surface area contributed by atoms with Crippen LogP contribution in [0.4, 0.5) is 0 Å². The molecule has 0 radical (unpaired) electrons. The predicted octanol–water partition coefficient (Wildman–Crippen LogP) is 3.65. The van der Waals surface area contributed by atoms with Crippen molar-refractivity contribution in [3.05, 3.63) is 71.3 Å². The predicted molar refractivity (Wildman–Crippen MR) is 101 cm³/mol. The van der Waals surface area contributed by atoms with Gasteiger partial charge >= 0.3 is 5.97 Å². The van der Waals surface area contributed by atoms with Crippen molar-refractivity contribution >= 4 is 23.6 Å². The number of carbonyl (C=O) groups is 2. The largest absolute Gasteiger partial charge is 0.467 e. The van der Waals surface area contributed by atoms with Gasteiger partial charge in [-0.1, -0.05) is 60.2 Å². The zero-order valence-electron chi connectivity index (χ0n) is 14.7. The molecule has 0 aromatic heterocycles. The molecule has 2 atom stereocenters. The highest BCUT2D eigenvalue weighted by molar-refractivity contribution is 7.98. The smallest absolute Gasteiger partial charge is 0.329 e. The number of carbonyl (C=O) groups excluding carboxylic acids is 2. The zero-order chi connectivity index (χ0) is 18.2. The summed E-state index contributed by atoms with van der Waals surface area (Å²) >= 11 is 1.61. The molecule has 0 aliphatic heterocycles. The number of nitrogens with one attached hydrogen (secondary N) is 1. The van der Waals surface area contributed by atoms with E-state index in [4.69, 9.17) is 4.74 Å². The first-order valence-corrected chi connectivity index (χ1v) is 9.13. The molecule has 0 unspecified atom stereocenters. The number of benzene rings is 2. The summed E-state index contributed by atoms with van der Waals surface area (Å²) in [6.45, 7) is 3.45. The number of ether oxygens (including phenoxy) is 1. The van der Waals surface area contributed by atoms with Crippen molar-refractivity contribution in [3.8, 4) is 0 Å². The fourth-order valence-electron chi connectivity index (χ4n) is 2.50. The van der Waals surface area contributed by atoms with Crippen molar-refractivity contribution in [3.63, 3.8) is 0 Å². The van der Waals surface area contributed by atoms with Gasteiger partial charge in [-0.25, -0.2) is 4.79 Å². The number of hydrogen-bond donors (Lipinski definition) is 1. The Labute approximate surface area is 153 Å². The van der Waals surface area contributed by atoms with E-state index in [2.05, 4.69) is 29.6 Å². The second-order valence-corrected chi connectivity index (χ2v) is 6.96. The Morgan fingerprint density at radius 2 is 1.72 bits per heavy atom. The molecule has 2 rings (SSSR count). The maximum Gasteiger partial charge on any atom is 0.329 e. The van der Waals surface area contributed by atoms with Gasteiger partial charge in [0.25, 0.3) is 0 Å². The molecule has 1 N–H and O–H groups in total. The maximum atomic E-state index is 12.3. The Morgan fingerprint density at radius 3 is 2.28 bits per heavy atom. The average molecular weight is 357 g/mol. The van der Waals surface area contributed by atoms with Gasteiger partial charge in [-0.15, -0.1) is 11.8 Å². The fraction of sp³-hybridized carbons (Fsp3) is 0.300. The number of esters is 1. The molecule has 132 valence electrons. The number of amides is 1. The summed E-state index contributed by atoms with van der Waals surface area (Å²) in [7, 11) is 1.34. The van der Waals surface area contributed by atoms with Crippen molar-refractivity contribution in [2.24, 2.45) is 0 Å². The summed E-state index contributed by atoms with van der Waals surface area (Å²) in [6, 6.07) is 17.3. The van der Waals surface area contributed by atoms with Gasteiger partial charge in [0.1, 0.15) is 6.04 Å². The molecule has 0 aliphatic rings. The maximum absolute atomic E-state index is 12.3. The summed E-state index contributed by atoms with van der Waals surface area (Å²) in [5, 5.41) is 2.50. The Hall–Kier alpha value is -2.27. The number of methoxy groups -OCH3 is 1. The number of thioether (sulfide) groups is 1. The van der Waals surface area contributed by atoms with Crippen molar-refractivity contribution in [2.75, 3.05) is 7.11 Å². The van der Waals surface area contributed by atoms with Crippen LogP contribution in [0.25, 0.3) is 0 Å². The van der Waals surface area contributed by atoms with E-state index in [0.717, 1.165) is 11.3 Å². The molecule has 0 fully saturated rings. The van der Waals surface area contributed by atoms with Gasteiger partial charge in [-0.2, -0.15) is 0 Å². The molecular formula is C20H23NO3S. The number of rotatable bonds is 7. The lowest BCUT2D eigenvalue weighted by Crippen LogP contribution is -2.44. The Balaban J connectivity index is 2.26. The molecule has 0 saturated heterocycles. The molecule has 4 nitrogen and oxygen atoms in total. The van der Waals surface area contributed by atoms with Crippen LogP contribution in [0.2, 0.25) is 0 Å². The van der Waals surface area contributed by atoms with Crippen LogP contribution in [0.1, 0.15) is 28.9 Å². The van der Waals surface area contributed by atoms with Crippen LogP contribution in [-0.2, 0) is 20.1 Å². The molecule has 0 saturated carbocycles. The summed E-state index contributed by atoms with van der Waals surface area (Å²) < 4.78 is 4.92. The third-order valence-electron chi connectivity index (χ3n) is 3.79. The molecule has 0 heterocycles. The van der Waals surface area contributed by atoms with E-state index in [9.17, 15) is 9.59 Å². The number of aryl methyl sites for hydroxylation is 1. The topological polar surface area (TPSA) is 55.4 Å². The molecule has 25 heavy (non-hydrogen) atoms. The molecular weight excluding hydrogens is 334 g/mol. The normalized spacial score (nSPS) is 12.9. The Kier molecular flexibility index (Phi) is 7.07. The number of hydrogen-bond acceptors (Lipinski definition) is 4. The molecule has 2 aromatic rings. The van der Waals surface area contributed by atoms with E-state index >= 15 is 0 Å². The van der Waals surface area contributed by atoms with Crippen molar-refractivity contribution < 1.29 is 14.3 Å². The summed E-state index contributed by atoms with van der Waals surface area (Å²) in [4.78, 5) is 23.9. The van der Waals surface area contributed by atoms with Crippen LogP contribution < -0.4 is 5.32 Å². The van der Waals surface area contributed by atoms with Gasteiger partial charge in [-0.3, -0.25) is 4.79 Å². The fourth-order valence-corrected chi connectivity index (χ4v) is 3.79. The minimum atomic E-state index is -0.736. The van der Waals surface area contributed by atoms with Crippen LogP contribution in [-0.4, -0.2) is 25.0 Å². The highest BCUT2D eigenvalue weighted by Gasteiger charge is 2.31. The summed E-state index contributed by atoms with van der Waals surface area (Å²) in [5.74, 6) is 0.0279. The average Bonchev–Trinajstić information content (AvgIpc) is 2.62. The van der Waals surface area contributed by atoms with Crippen LogP contribution >= 0.6 is 11.8 Å².